The van der Waals surface area contributed by atoms with Gasteiger partial charge in [0.25, 0.3) is 0 Å². The van der Waals surface area contributed by atoms with Gasteiger partial charge in [-0.1, -0.05) is 0 Å². The number of ether oxygens (including phenoxy) is 3. The molecule has 2 atom stereocenters. The van der Waals surface area contributed by atoms with Crippen molar-refractivity contribution in [1.29, 1.82) is 0 Å². The molecular formula is C33H54O6Sn. The van der Waals surface area contributed by atoms with Gasteiger partial charge >= 0.3 is 248 Å². The molecule has 0 saturated heterocycles. The SMILES string of the molecule is CCC[CH2][Sn](/[CH]=C/[C@H](CCCOC(=O)C(C)(C)C)OC(=O)[C@@H](OC(C)=O)c1ccccc1)([CH2]CCC)[CH2]CCC. The van der Waals surface area contributed by atoms with Gasteiger partial charge in [-0.3, -0.25) is 0 Å². The Morgan fingerprint density at radius 1 is 0.850 bits per heavy atom. The molecule has 0 unspecified atom stereocenters. The van der Waals surface area contributed by atoms with E-state index in [1.54, 1.807) is 24.3 Å². The first-order valence-electron chi connectivity index (χ1n) is 15.3. The number of carbonyl (C=O) groups is 3. The molecule has 40 heavy (non-hydrogen) atoms. The molecule has 0 spiro atoms. The molecule has 0 heterocycles. The molecule has 0 radical (unpaired) electrons. The third kappa shape index (κ3) is 14.2. The zero-order valence-electron chi connectivity index (χ0n) is 26.1. The molecule has 0 saturated carbocycles. The Hall–Kier alpha value is -1.83. The van der Waals surface area contributed by atoms with Gasteiger partial charge in [-0.25, -0.2) is 0 Å². The average Bonchev–Trinajstić information content (AvgIpc) is 2.92. The van der Waals surface area contributed by atoms with Crippen LogP contribution in [0, 0.1) is 5.41 Å². The molecule has 226 valence electrons. The number of hydrogen-bond donors (Lipinski definition) is 0. The van der Waals surface area contributed by atoms with Crippen LogP contribution in [0.2, 0.25) is 13.3 Å². The van der Waals surface area contributed by atoms with Crippen LogP contribution < -0.4 is 0 Å². The first-order valence-corrected chi connectivity index (χ1v) is 23.0. The van der Waals surface area contributed by atoms with Crippen molar-refractivity contribution in [3.05, 3.63) is 46.1 Å². The Bertz CT molecular complexity index is 883. The molecule has 1 aromatic rings. The topological polar surface area (TPSA) is 78.9 Å². The summed E-state index contributed by atoms with van der Waals surface area (Å²) in [5, 5.41) is 0. The van der Waals surface area contributed by atoms with Gasteiger partial charge in [0.15, 0.2) is 0 Å². The van der Waals surface area contributed by atoms with Crippen molar-refractivity contribution >= 4 is 36.3 Å². The minimum absolute atomic E-state index is 0.246. The molecule has 6 nitrogen and oxygen atoms in total. The van der Waals surface area contributed by atoms with Crippen molar-refractivity contribution in [2.24, 2.45) is 5.41 Å². The predicted octanol–water partition coefficient (Wildman–Crippen LogP) is 8.52. The van der Waals surface area contributed by atoms with Crippen LogP contribution in [0.25, 0.3) is 0 Å². The van der Waals surface area contributed by atoms with Crippen molar-refractivity contribution in [2.75, 3.05) is 6.61 Å². The van der Waals surface area contributed by atoms with E-state index in [4.69, 9.17) is 14.2 Å². The van der Waals surface area contributed by atoms with Crippen LogP contribution in [-0.4, -0.2) is 49.0 Å². The number of hydrogen-bond acceptors (Lipinski definition) is 6. The summed E-state index contributed by atoms with van der Waals surface area (Å²) >= 11 is -2.63. The van der Waals surface area contributed by atoms with E-state index in [-0.39, 0.29) is 12.6 Å². The van der Waals surface area contributed by atoms with Crippen molar-refractivity contribution in [1.82, 2.24) is 0 Å². The molecule has 0 N–H and O–H groups in total. The van der Waals surface area contributed by atoms with Gasteiger partial charge in [-0.2, -0.15) is 0 Å². The van der Waals surface area contributed by atoms with Crippen molar-refractivity contribution in [3.63, 3.8) is 0 Å². The Morgan fingerprint density at radius 2 is 1.40 bits per heavy atom. The molecule has 0 fully saturated rings. The molecule has 0 aliphatic heterocycles. The fourth-order valence-corrected chi connectivity index (χ4v) is 19.0. The predicted molar refractivity (Wildman–Crippen MR) is 165 cm³/mol. The Balaban J connectivity index is 3.23. The van der Waals surface area contributed by atoms with Crippen LogP contribution in [0.4, 0.5) is 0 Å². The summed E-state index contributed by atoms with van der Waals surface area (Å²) < 4.78 is 23.4. The van der Waals surface area contributed by atoms with Crippen molar-refractivity contribution < 1.29 is 28.6 Å². The second kappa shape index (κ2) is 19.3. The Labute approximate surface area is 247 Å². The van der Waals surface area contributed by atoms with E-state index < -0.39 is 47.9 Å². The van der Waals surface area contributed by atoms with Crippen molar-refractivity contribution in [3.8, 4) is 0 Å². The average molecular weight is 665 g/mol. The molecule has 0 amide bonds. The van der Waals surface area contributed by atoms with Crippen LogP contribution in [0.1, 0.15) is 112 Å². The van der Waals surface area contributed by atoms with E-state index in [1.165, 1.54) is 58.8 Å². The van der Waals surface area contributed by atoms with Crippen LogP contribution in [0.15, 0.2) is 40.5 Å². The molecule has 1 aromatic carbocycles. The summed E-state index contributed by atoms with van der Waals surface area (Å²) in [4.78, 5) is 37.5. The van der Waals surface area contributed by atoms with E-state index in [1.807, 2.05) is 26.8 Å². The number of carbonyl (C=O) groups excluding carboxylic acids is 3. The van der Waals surface area contributed by atoms with Crippen LogP contribution >= 0.6 is 0 Å². The minimum atomic E-state index is -2.63. The van der Waals surface area contributed by atoms with Crippen LogP contribution in [-0.2, 0) is 28.6 Å². The fourth-order valence-electron chi connectivity index (χ4n) is 4.64. The third-order valence-corrected chi connectivity index (χ3v) is 21.2. The Kier molecular flexibility index (Phi) is 17.5. The first-order chi connectivity index (χ1) is 19.0. The summed E-state index contributed by atoms with van der Waals surface area (Å²) in [5.41, 5.74) is 0.0110. The summed E-state index contributed by atoms with van der Waals surface area (Å²) in [5.74, 6) is -1.37. The van der Waals surface area contributed by atoms with E-state index in [2.05, 4.69) is 30.9 Å². The van der Waals surface area contributed by atoms with E-state index in [0.29, 0.717) is 18.4 Å². The second-order valence-corrected chi connectivity index (χ2v) is 24.9. The molecule has 0 bridgehead atoms. The fraction of sp³-hybridized carbons (Fsp3) is 0.667. The molecular weight excluding hydrogens is 611 g/mol. The van der Waals surface area contributed by atoms with Crippen LogP contribution in [0.3, 0.4) is 0 Å². The zero-order valence-corrected chi connectivity index (χ0v) is 29.0. The number of unbranched alkanes of at least 4 members (excludes halogenated alkanes) is 3. The quantitative estimate of drug-likeness (QED) is 0.0638. The maximum atomic E-state index is 13.4. The van der Waals surface area contributed by atoms with Gasteiger partial charge in [-0.05, 0) is 0 Å². The van der Waals surface area contributed by atoms with Crippen molar-refractivity contribution in [2.45, 2.75) is 125 Å². The maximum absolute atomic E-state index is 13.4. The van der Waals surface area contributed by atoms with E-state index in [0.717, 1.165) is 0 Å². The summed E-state index contributed by atoms with van der Waals surface area (Å²) in [6, 6.07) is 8.97. The summed E-state index contributed by atoms with van der Waals surface area (Å²) in [6.07, 6.45) is 8.88. The molecule has 7 heteroatoms. The normalized spacial score (nSPS) is 13.6. The molecule has 0 aliphatic rings. The van der Waals surface area contributed by atoms with E-state index >= 15 is 0 Å². The van der Waals surface area contributed by atoms with Gasteiger partial charge in [0, 0.05) is 0 Å². The molecule has 0 aromatic heterocycles. The number of esters is 3. The summed E-state index contributed by atoms with van der Waals surface area (Å²) in [6.45, 7) is 13.8. The zero-order chi connectivity index (χ0) is 30.0. The summed E-state index contributed by atoms with van der Waals surface area (Å²) in [7, 11) is 0. The first kappa shape index (κ1) is 36.2. The van der Waals surface area contributed by atoms with Gasteiger partial charge in [0.1, 0.15) is 0 Å². The second-order valence-electron chi connectivity index (χ2n) is 11.9. The van der Waals surface area contributed by atoms with Gasteiger partial charge in [-0.15, -0.1) is 0 Å². The van der Waals surface area contributed by atoms with Gasteiger partial charge < -0.3 is 0 Å². The van der Waals surface area contributed by atoms with Gasteiger partial charge in [0.05, 0.1) is 0 Å². The molecule has 1 rings (SSSR count). The molecule has 0 aliphatic carbocycles. The standard InChI is InChI=1S/C21H27O6.3C4H9.Sn/c1-6-17(13-10-14-25-20(24)21(3,4)5)27-19(23)18(26-15(2)22)16-11-8-7-9-12-16;3*1-3-4-2;/h1,6-9,11-12,17-18H,10,13-14H2,2-5H3;3*1,3-4H2,2H3;/t17-,18+;;;;/m1..../s1. The number of benzene rings is 1. The van der Waals surface area contributed by atoms with Gasteiger partial charge in [0.2, 0.25) is 0 Å². The van der Waals surface area contributed by atoms with E-state index in [9.17, 15) is 14.4 Å². The number of rotatable bonds is 19. The Morgan fingerprint density at radius 3 is 1.88 bits per heavy atom. The third-order valence-electron chi connectivity index (χ3n) is 7.10. The van der Waals surface area contributed by atoms with Crippen LogP contribution in [0.5, 0.6) is 0 Å². The monoisotopic (exact) mass is 666 g/mol.